The maximum atomic E-state index is 13.9. The molecule has 2 aromatic heterocycles. The lowest BCUT2D eigenvalue weighted by Crippen LogP contribution is -2.60. The van der Waals surface area contributed by atoms with E-state index in [1.165, 1.54) is 11.3 Å². The number of rotatable bonds is 4. The number of fused-ring (bicyclic) bond motifs is 3. The normalized spacial score (nSPS) is 29.3. The first kappa shape index (κ1) is 22.9. The van der Waals surface area contributed by atoms with Gasteiger partial charge in [-0.15, -0.1) is 21.5 Å². The van der Waals surface area contributed by atoms with Gasteiger partial charge in [-0.3, -0.25) is 14.4 Å². The van der Waals surface area contributed by atoms with Gasteiger partial charge in [-0.05, 0) is 61.5 Å². The molecule has 3 saturated heterocycles. The monoisotopic (exact) mass is 518 g/mol. The SMILES string of the molecule is Cn1cnnc1C1CN(C(=O)[C@@H]2CC[C@@H]3C[C@@H]4C[C@@H]4C[C@H](NC(=O)c4cc5ccccc5s4)C(=O)N32)C1. The minimum atomic E-state index is -0.591. The molecule has 1 aliphatic carbocycles. The van der Waals surface area contributed by atoms with Crippen LogP contribution in [-0.4, -0.2) is 73.5 Å². The van der Waals surface area contributed by atoms with Gasteiger partial charge in [0.15, 0.2) is 0 Å². The van der Waals surface area contributed by atoms with Crippen molar-refractivity contribution in [3.8, 4) is 0 Å². The minimum Gasteiger partial charge on any atom is -0.340 e. The van der Waals surface area contributed by atoms with E-state index in [-0.39, 0.29) is 29.7 Å². The van der Waals surface area contributed by atoms with Crippen LogP contribution in [0.3, 0.4) is 0 Å². The van der Waals surface area contributed by atoms with E-state index in [1.807, 2.05) is 51.7 Å². The quantitative estimate of drug-likeness (QED) is 0.572. The molecule has 0 radical (unpaired) electrons. The van der Waals surface area contributed by atoms with Gasteiger partial charge in [0.25, 0.3) is 5.91 Å². The van der Waals surface area contributed by atoms with Crippen molar-refractivity contribution in [2.75, 3.05) is 13.1 Å². The molecule has 192 valence electrons. The number of nitrogens with one attached hydrogen (secondary N) is 1. The minimum absolute atomic E-state index is 0.0248. The number of carbonyl (C=O) groups is 3. The lowest BCUT2D eigenvalue weighted by molar-refractivity contribution is -0.149. The number of nitrogens with zero attached hydrogens (tertiary/aromatic N) is 5. The lowest BCUT2D eigenvalue weighted by atomic mass is 9.97. The van der Waals surface area contributed by atoms with Crippen LogP contribution in [0.2, 0.25) is 0 Å². The second kappa shape index (κ2) is 8.65. The lowest BCUT2D eigenvalue weighted by Gasteiger charge is -2.42. The number of benzene rings is 1. The molecule has 10 heteroatoms. The number of aromatic nitrogens is 3. The van der Waals surface area contributed by atoms with Gasteiger partial charge < -0.3 is 19.7 Å². The topological polar surface area (TPSA) is 100 Å². The molecule has 5 atom stereocenters. The number of amides is 3. The van der Waals surface area contributed by atoms with Crippen molar-refractivity contribution in [3.05, 3.63) is 47.4 Å². The Labute approximate surface area is 218 Å². The molecule has 4 aliphatic rings. The maximum absolute atomic E-state index is 13.9. The van der Waals surface area contributed by atoms with Gasteiger partial charge >= 0.3 is 0 Å². The zero-order chi connectivity index (χ0) is 25.3. The van der Waals surface area contributed by atoms with E-state index < -0.39 is 12.1 Å². The smallest absolute Gasteiger partial charge is 0.262 e. The van der Waals surface area contributed by atoms with Crippen LogP contribution in [0.4, 0.5) is 0 Å². The highest BCUT2D eigenvalue weighted by Gasteiger charge is 2.52. The molecule has 7 rings (SSSR count). The van der Waals surface area contributed by atoms with E-state index in [0.29, 0.717) is 42.6 Å². The molecule has 9 nitrogen and oxygen atoms in total. The van der Waals surface area contributed by atoms with Gasteiger partial charge in [-0.1, -0.05) is 18.2 Å². The van der Waals surface area contributed by atoms with Crippen LogP contribution < -0.4 is 5.32 Å². The van der Waals surface area contributed by atoms with E-state index in [2.05, 4.69) is 15.5 Å². The summed E-state index contributed by atoms with van der Waals surface area (Å²) in [5.74, 6) is 1.86. The number of carbonyl (C=O) groups excluding carboxylic acids is 3. The van der Waals surface area contributed by atoms with Crippen molar-refractivity contribution >= 4 is 39.1 Å². The van der Waals surface area contributed by atoms with Crippen LogP contribution >= 0.6 is 11.3 Å². The molecule has 1 N–H and O–H groups in total. The molecule has 3 aliphatic heterocycles. The van der Waals surface area contributed by atoms with Crippen molar-refractivity contribution in [1.82, 2.24) is 29.9 Å². The third-order valence-electron chi connectivity index (χ3n) is 8.78. The molecule has 0 bridgehead atoms. The number of thiophene rings is 1. The van der Waals surface area contributed by atoms with Crippen molar-refractivity contribution < 1.29 is 14.4 Å². The summed E-state index contributed by atoms with van der Waals surface area (Å²) >= 11 is 1.45. The van der Waals surface area contributed by atoms with Gasteiger partial charge in [-0.25, -0.2) is 0 Å². The first-order valence-electron chi connectivity index (χ1n) is 13.2. The fraction of sp³-hybridized carbons (Fsp3) is 0.519. The highest BCUT2D eigenvalue weighted by molar-refractivity contribution is 7.20. The Balaban J connectivity index is 1.08. The molecule has 3 aromatic rings. The first-order chi connectivity index (χ1) is 18.0. The van der Waals surface area contributed by atoms with E-state index >= 15 is 0 Å². The molecular formula is C27H30N6O3S. The fourth-order valence-corrected chi connectivity index (χ4v) is 7.61. The Morgan fingerprint density at radius 1 is 1.08 bits per heavy atom. The third kappa shape index (κ3) is 3.93. The van der Waals surface area contributed by atoms with Crippen LogP contribution in [0.5, 0.6) is 0 Å². The summed E-state index contributed by atoms with van der Waals surface area (Å²) in [6, 6.07) is 8.85. The van der Waals surface area contributed by atoms with Crippen molar-refractivity contribution in [2.24, 2.45) is 18.9 Å². The van der Waals surface area contributed by atoms with Gasteiger partial charge in [-0.2, -0.15) is 0 Å². The fourth-order valence-electron chi connectivity index (χ4n) is 6.65. The molecule has 4 fully saturated rings. The average Bonchev–Trinajstić information content (AvgIpc) is 3.22. The van der Waals surface area contributed by atoms with E-state index in [4.69, 9.17) is 0 Å². The Hall–Kier alpha value is -3.27. The molecule has 1 aromatic carbocycles. The van der Waals surface area contributed by atoms with Gasteiger partial charge in [0.05, 0.1) is 10.8 Å². The summed E-state index contributed by atoms with van der Waals surface area (Å²) in [6.07, 6.45) is 5.95. The Bertz CT molecular complexity index is 1360. The predicted octanol–water partition coefficient (Wildman–Crippen LogP) is 2.54. The Morgan fingerprint density at radius 2 is 1.89 bits per heavy atom. The van der Waals surface area contributed by atoms with Crippen LogP contribution in [0.25, 0.3) is 10.1 Å². The van der Waals surface area contributed by atoms with Gasteiger partial charge in [0.1, 0.15) is 24.2 Å². The number of likely N-dealkylation sites (tertiary alicyclic amines) is 1. The van der Waals surface area contributed by atoms with Crippen molar-refractivity contribution in [3.63, 3.8) is 0 Å². The molecular weight excluding hydrogens is 488 g/mol. The summed E-state index contributed by atoms with van der Waals surface area (Å²) in [4.78, 5) is 45.1. The average molecular weight is 519 g/mol. The Morgan fingerprint density at radius 3 is 2.68 bits per heavy atom. The zero-order valence-electron chi connectivity index (χ0n) is 20.7. The highest BCUT2D eigenvalue weighted by Crippen LogP contribution is 2.49. The molecule has 0 unspecified atom stereocenters. The summed E-state index contributed by atoms with van der Waals surface area (Å²) in [5, 5.41) is 12.2. The molecule has 0 spiro atoms. The Kier molecular flexibility index (Phi) is 5.35. The summed E-state index contributed by atoms with van der Waals surface area (Å²) in [7, 11) is 1.92. The largest absolute Gasteiger partial charge is 0.340 e. The van der Waals surface area contributed by atoms with E-state index in [9.17, 15) is 14.4 Å². The highest BCUT2D eigenvalue weighted by atomic mass is 32.1. The van der Waals surface area contributed by atoms with Crippen molar-refractivity contribution in [1.29, 1.82) is 0 Å². The summed E-state index contributed by atoms with van der Waals surface area (Å²) < 4.78 is 2.95. The molecule has 5 heterocycles. The van der Waals surface area contributed by atoms with Gasteiger partial charge in [0.2, 0.25) is 11.8 Å². The second-order valence-corrected chi connectivity index (χ2v) is 12.2. The second-order valence-electron chi connectivity index (χ2n) is 11.1. The first-order valence-corrected chi connectivity index (χ1v) is 14.0. The van der Waals surface area contributed by atoms with Crippen molar-refractivity contribution in [2.45, 2.75) is 56.1 Å². The van der Waals surface area contributed by atoms with Crippen LogP contribution in [0.1, 0.15) is 53.5 Å². The zero-order valence-corrected chi connectivity index (χ0v) is 21.6. The number of aryl methyl sites for hydroxylation is 1. The third-order valence-corrected chi connectivity index (χ3v) is 9.90. The van der Waals surface area contributed by atoms with Crippen LogP contribution in [0.15, 0.2) is 36.7 Å². The molecule has 37 heavy (non-hydrogen) atoms. The standard InChI is InChI=1S/C27H30N6O3S/c1-31-14-28-30-24(31)18-12-32(13-18)27(36)21-7-6-19-9-16-8-17(16)10-20(26(35)33(19)21)29-25(34)23-11-15-4-2-3-5-22(15)37-23/h2-5,11,14,16-21H,6-10,12-13H2,1H3,(H,29,34)/t16-,17+,19+,20-,21-/m0/s1. The van der Waals surface area contributed by atoms with Crippen LogP contribution in [0, 0.1) is 11.8 Å². The van der Waals surface area contributed by atoms with E-state index in [0.717, 1.165) is 35.2 Å². The molecule has 3 amide bonds. The maximum Gasteiger partial charge on any atom is 0.262 e. The van der Waals surface area contributed by atoms with E-state index in [1.54, 1.807) is 6.33 Å². The number of hydrogen-bond donors (Lipinski definition) is 1. The van der Waals surface area contributed by atoms with Gasteiger partial charge in [0, 0.05) is 30.9 Å². The summed E-state index contributed by atoms with van der Waals surface area (Å²) in [5.41, 5.74) is 0. The number of hydrogen-bond acceptors (Lipinski definition) is 6. The summed E-state index contributed by atoms with van der Waals surface area (Å²) in [6.45, 7) is 1.21. The predicted molar refractivity (Wildman–Crippen MR) is 138 cm³/mol. The molecule has 1 saturated carbocycles. The van der Waals surface area contributed by atoms with Crippen LogP contribution in [-0.2, 0) is 16.6 Å².